The highest BCUT2D eigenvalue weighted by atomic mass is 19.1. The average Bonchev–Trinajstić information content (AvgIpc) is 3.04. The second kappa shape index (κ2) is 5.37. The van der Waals surface area contributed by atoms with E-state index < -0.39 is 11.6 Å². The van der Waals surface area contributed by atoms with Crippen LogP contribution in [0, 0.1) is 17.6 Å². The Balaban J connectivity index is 1.85. The predicted octanol–water partition coefficient (Wildman–Crippen LogP) is 4.80. The van der Waals surface area contributed by atoms with Crippen molar-refractivity contribution in [2.24, 2.45) is 5.92 Å². The smallest absolute Gasteiger partial charge is 0.149 e. The van der Waals surface area contributed by atoms with Crippen LogP contribution in [0.3, 0.4) is 0 Å². The second-order valence-corrected chi connectivity index (χ2v) is 6.07. The average molecular weight is 313 g/mol. The monoisotopic (exact) mass is 313 g/mol. The van der Waals surface area contributed by atoms with Gasteiger partial charge in [-0.25, -0.2) is 8.78 Å². The Morgan fingerprint density at radius 1 is 1.13 bits per heavy atom. The Bertz CT molecular complexity index is 787. The molecule has 0 unspecified atom stereocenters. The molecule has 2 nitrogen and oxygen atoms in total. The third-order valence-electron chi connectivity index (χ3n) is 4.86. The summed E-state index contributed by atoms with van der Waals surface area (Å²) in [5, 5.41) is 3.29. The molecule has 0 aromatic heterocycles. The van der Waals surface area contributed by atoms with Crippen LogP contribution in [0.1, 0.15) is 29.5 Å². The minimum absolute atomic E-state index is 0.0198. The van der Waals surface area contributed by atoms with E-state index in [4.69, 9.17) is 4.74 Å². The minimum Gasteiger partial charge on any atom is -0.496 e. The minimum atomic E-state index is -0.543. The lowest BCUT2D eigenvalue weighted by molar-refractivity contribution is 0.379. The van der Waals surface area contributed by atoms with Gasteiger partial charge < -0.3 is 10.1 Å². The van der Waals surface area contributed by atoms with Crippen molar-refractivity contribution in [2.75, 3.05) is 12.4 Å². The number of anilines is 1. The Hall–Kier alpha value is -2.36. The van der Waals surface area contributed by atoms with Gasteiger partial charge in [0.05, 0.1) is 18.8 Å². The topological polar surface area (TPSA) is 21.3 Å². The van der Waals surface area contributed by atoms with Crippen molar-refractivity contribution in [1.82, 2.24) is 0 Å². The molecular weight excluding hydrogens is 296 g/mol. The fourth-order valence-corrected chi connectivity index (χ4v) is 3.85. The largest absolute Gasteiger partial charge is 0.496 e. The SMILES string of the molecule is COc1ccccc1[C@@H]1Nc2c(F)cc(F)cc2[C@@H]2C=CC[C@H]21. The van der Waals surface area contributed by atoms with Crippen LogP contribution in [0.15, 0.2) is 48.6 Å². The molecular formula is C19H17F2NO. The number of halogens is 2. The summed E-state index contributed by atoms with van der Waals surface area (Å²) in [5.41, 5.74) is 2.10. The molecule has 0 saturated heterocycles. The molecule has 0 saturated carbocycles. The van der Waals surface area contributed by atoms with Gasteiger partial charge in [-0.15, -0.1) is 0 Å². The fourth-order valence-electron chi connectivity index (χ4n) is 3.85. The van der Waals surface area contributed by atoms with Gasteiger partial charge in [-0.2, -0.15) is 0 Å². The predicted molar refractivity (Wildman–Crippen MR) is 85.7 cm³/mol. The molecule has 4 heteroatoms. The van der Waals surface area contributed by atoms with Crippen molar-refractivity contribution in [2.45, 2.75) is 18.4 Å². The zero-order valence-corrected chi connectivity index (χ0v) is 12.7. The molecule has 1 aliphatic heterocycles. The zero-order valence-electron chi connectivity index (χ0n) is 12.7. The molecule has 3 atom stereocenters. The lowest BCUT2D eigenvalue weighted by atomic mass is 9.76. The van der Waals surface area contributed by atoms with Crippen LogP contribution in [-0.2, 0) is 0 Å². The van der Waals surface area contributed by atoms with E-state index in [1.54, 1.807) is 7.11 Å². The number of methoxy groups -OCH3 is 1. The van der Waals surface area contributed by atoms with E-state index in [2.05, 4.69) is 17.5 Å². The van der Waals surface area contributed by atoms with Crippen molar-refractivity contribution in [3.63, 3.8) is 0 Å². The lowest BCUT2D eigenvalue weighted by Crippen LogP contribution is -2.30. The van der Waals surface area contributed by atoms with Gasteiger partial charge in [0.15, 0.2) is 0 Å². The van der Waals surface area contributed by atoms with Crippen LogP contribution >= 0.6 is 0 Å². The maximum atomic E-state index is 14.3. The van der Waals surface area contributed by atoms with E-state index in [1.807, 2.05) is 24.3 Å². The number of rotatable bonds is 2. The third kappa shape index (κ3) is 2.21. The summed E-state index contributed by atoms with van der Waals surface area (Å²) in [4.78, 5) is 0. The number of hydrogen-bond donors (Lipinski definition) is 1. The molecule has 1 heterocycles. The maximum absolute atomic E-state index is 14.3. The molecule has 2 aliphatic rings. The zero-order chi connectivity index (χ0) is 16.0. The number of benzene rings is 2. The number of fused-ring (bicyclic) bond motifs is 3. The third-order valence-corrected chi connectivity index (χ3v) is 4.86. The summed E-state index contributed by atoms with van der Waals surface area (Å²) >= 11 is 0. The summed E-state index contributed by atoms with van der Waals surface area (Å²) in [7, 11) is 1.63. The van der Waals surface area contributed by atoms with E-state index in [9.17, 15) is 8.78 Å². The standard InChI is InChI=1S/C19H17F2NO/c1-23-17-8-3-2-5-14(17)18-13-7-4-6-12(13)15-9-11(20)10-16(21)19(15)22-18/h2-6,8-10,12-13,18,22H,7H2,1H3/t12-,13-,18-/m1/s1. The van der Waals surface area contributed by atoms with Crippen LogP contribution in [-0.4, -0.2) is 7.11 Å². The van der Waals surface area contributed by atoms with Crippen LogP contribution in [0.25, 0.3) is 0 Å². The molecule has 0 spiro atoms. The fraction of sp³-hybridized carbons (Fsp3) is 0.263. The highest BCUT2D eigenvalue weighted by Crippen LogP contribution is 2.51. The van der Waals surface area contributed by atoms with Crippen LogP contribution in [0.2, 0.25) is 0 Å². The molecule has 1 aliphatic carbocycles. The van der Waals surface area contributed by atoms with Crippen molar-refractivity contribution < 1.29 is 13.5 Å². The quantitative estimate of drug-likeness (QED) is 0.804. The summed E-state index contributed by atoms with van der Waals surface area (Å²) in [6, 6.07) is 10.1. The summed E-state index contributed by atoms with van der Waals surface area (Å²) < 4.78 is 33.4. The van der Waals surface area contributed by atoms with E-state index >= 15 is 0 Å². The van der Waals surface area contributed by atoms with Crippen molar-refractivity contribution in [3.8, 4) is 5.75 Å². The van der Waals surface area contributed by atoms with Gasteiger partial charge >= 0.3 is 0 Å². The first-order chi connectivity index (χ1) is 11.2. The molecule has 0 radical (unpaired) electrons. The molecule has 23 heavy (non-hydrogen) atoms. The lowest BCUT2D eigenvalue weighted by Gasteiger charge is -2.38. The first-order valence-corrected chi connectivity index (χ1v) is 7.74. The molecule has 0 fully saturated rings. The molecule has 0 amide bonds. The van der Waals surface area contributed by atoms with Gasteiger partial charge in [0, 0.05) is 17.5 Å². The van der Waals surface area contributed by atoms with Crippen molar-refractivity contribution in [1.29, 1.82) is 0 Å². The van der Waals surface area contributed by atoms with Crippen LogP contribution < -0.4 is 10.1 Å². The van der Waals surface area contributed by atoms with Gasteiger partial charge in [0.2, 0.25) is 0 Å². The van der Waals surface area contributed by atoms with Crippen LogP contribution in [0.5, 0.6) is 5.75 Å². The Labute approximate surface area is 133 Å². The highest BCUT2D eigenvalue weighted by Gasteiger charge is 2.40. The van der Waals surface area contributed by atoms with Crippen molar-refractivity contribution >= 4 is 5.69 Å². The van der Waals surface area contributed by atoms with Gasteiger partial charge in [-0.05, 0) is 30.0 Å². The molecule has 0 bridgehead atoms. The van der Waals surface area contributed by atoms with Gasteiger partial charge in [0.25, 0.3) is 0 Å². The second-order valence-electron chi connectivity index (χ2n) is 6.07. The van der Waals surface area contributed by atoms with Gasteiger partial charge in [-0.3, -0.25) is 0 Å². The van der Waals surface area contributed by atoms with E-state index in [1.165, 1.54) is 6.07 Å². The number of para-hydroxylation sites is 1. The molecule has 118 valence electrons. The first kappa shape index (κ1) is 14.2. The normalized spacial score (nSPS) is 24.7. The van der Waals surface area contributed by atoms with E-state index in [-0.39, 0.29) is 17.9 Å². The summed E-state index contributed by atoms with van der Waals surface area (Å²) in [6.07, 6.45) is 5.03. The molecule has 1 N–H and O–H groups in total. The molecule has 2 aromatic carbocycles. The van der Waals surface area contributed by atoms with Gasteiger partial charge in [-0.1, -0.05) is 30.4 Å². The summed E-state index contributed by atoms with van der Waals surface area (Å²) in [5.74, 6) is -0.0514. The van der Waals surface area contributed by atoms with E-state index in [0.717, 1.165) is 23.8 Å². The Kier molecular flexibility index (Phi) is 3.33. The summed E-state index contributed by atoms with van der Waals surface area (Å²) in [6.45, 7) is 0. The number of ether oxygens (including phenoxy) is 1. The van der Waals surface area contributed by atoms with Gasteiger partial charge in [0.1, 0.15) is 17.4 Å². The highest BCUT2D eigenvalue weighted by molar-refractivity contribution is 5.61. The number of hydrogen-bond acceptors (Lipinski definition) is 2. The van der Waals surface area contributed by atoms with Crippen LogP contribution in [0.4, 0.5) is 14.5 Å². The maximum Gasteiger partial charge on any atom is 0.149 e. The Morgan fingerprint density at radius 2 is 1.96 bits per heavy atom. The van der Waals surface area contributed by atoms with E-state index in [0.29, 0.717) is 11.3 Å². The molecule has 2 aromatic rings. The Morgan fingerprint density at radius 3 is 2.78 bits per heavy atom. The number of allylic oxidation sites excluding steroid dienone is 2. The molecule has 4 rings (SSSR count). The van der Waals surface area contributed by atoms with Crippen molar-refractivity contribution in [3.05, 3.63) is 71.3 Å². The number of nitrogens with one attached hydrogen (secondary N) is 1. The first-order valence-electron chi connectivity index (χ1n) is 7.74.